The molecule has 0 saturated carbocycles. The zero-order valence-corrected chi connectivity index (χ0v) is 11.9. The predicted molar refractivity (Wildman–Crippen MR) is 77.4 cm³/mol. The Morgan fingerprint density at radius 1 is 1.24 bits per heavy atom. The van der Waals surface area contributed by atoms with Gasteiger partial charge in [-0.3, -0.25) is 15.0 Å². The molecule has 0 aliphatic carbocycles. The van der Waals surface area contributed by atoms with Crippen molar-refractivity contribution >= 4 is 17.6 Å². The van der Waals surface area contributed by atoms with E-state index >= 15 is 0 Å². The van der Waals surface area contributed by atoms with E-state index in [-0.39, 0.29) is 12.5 Å². The van der Waals surface area contributed by atoms with Crippen LogP contribution in [0.15, 0.2) is 24.3 Å². The molecule has 7 heteroatoms. The number of urea groups is 1. The van der Waals surface area contributed by atoms with Crippen LogP contribution in [-0.4, -0.2) is 56.8 Å². The van der Waals surface area contributed by atoms with E-state index in [1.54, 1.807) is 31.4 Å². The van der Waals surface area contributed by atoms with Crippen molar-refractivity contribution in [2.75, 3.05) is 45.3 Å². The Bertz CT molecular complexity index is 483. The Balaban J connectivity index is 1.76. The molecule has 2 N–H and O–H groups in total. The van der Waals surface area contributed by atoms with Crippen molar-refractivity contribution in [3.8, 4) is 5.75 Å². The molecular formula is C14H19N3O4. The van der Waals surface area contributed by atoms with E-state index in [0.717, 1.165) is 0 Å². The minimum absolute atomic E-state index is 0.194. The van der Waals surface area contributed by atoms with Gasteiger partial charge >= 0.3 is 6.03 Å². The maximum Gasteiger partial charge on any atom is 0.325 e. The standard InChI is InChI=1S/C14H19N3O4/c1-20-12-4-2-11(3-5-12)15-14(19)16-13(18)10-17-6-8-21-9-7-17/h2-5H,6-10H2,1H3,(H2,15,16,18,19). The number of methoxy groups -OCH3 is 1. The number of imide groups is 1. The monoisotopic (exact) mass is 293 g/mol. The molecule has 0 spiro atoms. The number of anilines is 1. The topological polar surface area (TPSA) is 79.9 Å². The van der Waals surface area contributed by atoms with Crippen LogP contribution in [0.4, 0.5) is 10.5 Å². The highest BCUT2D eigenvalue weighted by molar-refractivity contribution is 6.01. The molecule has 0 radical (unpaired) electrons. The fourth-order valence-corrected chi connectivity index (χ4v) is 1.97. The van der Waals surface area contributed by atoms with Crippen LogP contribution in [0.5, 0.6) is 5.75 Å². The fourth-order valence-electron chi connectivity index (χ4n) is 1.97. The highest BCUT2D eigenvalue weighted by Crippen LogP contribution is 2.14. The highest BCUT2D eigenvalue weighted by Gasteiger charge is 2.15. The van der Waals surface area contributed by atoms with E-state index in [9.17, 15) is 9.59 Å². The number of ether oxygens (including phenoxy) is 2. The number of hydrogen-bond donors (Lipinski definition) is 2. The van der Waals surface area contributed by atoms with Crippen LogP contribution in [-0.2, 0) is 9.53 Å². The lowest BCUT2D eigenvalue weighted by Gasteiger charge is -2.25. The molecular weight excluding hydrogens is 274 g/mol. The van der Waals surface area contributed by atoms with Crippen LogP contribution < -0.4 is 15.4 Å². The smallest absolute Gasteiger partial charge is 0.325 e. The molecule has 0 atom stereocenters. The van der Waals surface area contributed by atoms with Gasteiger partial charge in [0, 0.05) is 18.8 Å². The Hall–Kier alpha value is -2.12. The number of morpholine rings is 1. The molecule has 0 bridgehead atoms. The summed E-state index contributed by atoms with van der Waals surface area (Å²) in [6.45, 7) is 2.83. The number of hydrogen-bond acceptors (Lipinski definition) is 5. The third-order valence-electron chi connectivity index (χ3n) is 3.07. The summed E-state index contributed by atoms with van der Waals surface area (Å²) in [6, 6.07) is 6.31. The van der Waals surface area contributed by atoms with Crippen LogP contribution in [0.3, 0.4) is 0 Å². The molecule has 7 nitrogen and oxygen atoms in total. The predicted octanol–water partition coefficient (Wildman–Crippen LogP) is 0.675. The average molecular weight is 293 g/mol. The summed E-state index contributed by atoms with van der Waals surface area (Å²) in [7, 11) is 1.57. The number of carbonyl (C=O) groups is 2. The second-order valence-electron chi connectivity index (χ2n) is 4.62. The van der Waals surface area contributed by atoms with E-state index < -0.39 is 6.03 Å². The van der Waals surface area contributed by atoms with E-state index in [1.807, 2.05) is 4.90 Å². The zero-order chi connectivity index (χ0) is 15.1. The highest BCUT2D eigenvalue weighted by atomic mass is 16.5. The third kappa shape index (κ3) is 5.05. The molecule has 1 saturated heterocycles. The first-order valence-electron chi connectivity index (χ1n) is 6.72. The lowest BCUT2D eigenvalue weighted by Crippen LogP contribution is -2.45. The van der Waals surface area contributed by atoms with Crippen molar-refractivity contribution in [2.45, 2.75) is 0 Å². The first-order valence-corrected chi connectivity index (χ1v) is 6.72. The molecule has 114 valence electrons. The summed E-state index contributed by atoms with van der Waals surface area (Å²) in [6.07, 6.45) is 0. The zero-order valence-electron chi connectivity index (χ0n) is 11.9. The number of benzene rings is 1. The van der Waals surface area contributed by atoms with Gasteiger partial charge < -0.3 is 14.8 Å². The molecule has 1 aromatic rings. The van der Waals surface area contributed by atoms with Gasteiger partial charge in [0.05, 0.1) is 26.9 Å². The van der Waals surface area contributed by atoms with Gasteiger partial charge in [-0.05, 0) is 24.3 Å². The molecule has 2 rings (SSSR count). The molecule has 1 aliphatic rings. The quantitative estimate of drug-likeness (QED) is 0.853. The van der Waals surface area contributed by atoms with Crippen molar-refractivity contribution in [2.24, 2.45) is 0 Å². The van der Waals surface area contributed by atoms with Crippen molar-refractivity contribution in [1.82, 2.24) is 10.2 Å². The van der Waals surface area contributed by atoms with Gasteiger partial charge in [0.15, 0.2) is 0 Å². The van der Waals surface area contributed by atoms with E-state index in [0.29, 0.717) is 37.7 Å². The Labute approximate surface area is 123 Å². The van der Waals surface area contributed by atoms with E-state index in [1.165, 1.54) is 0 Å². The SMILES string of the molecule is COc1ccc(NC(=O)NC(=O)CN2CCOCC2)cc1. The molecule has 1 fully saturated rings. The minimum Gasteiger partial charge on any atom is -0.497 e. The van der Waals surface area contributed by atoms with Crippen molar-refractivity contribution in [1.29, 1.82) is 0 Å². The maximum absolute atomic E-state index is 11.7. The lowest BCUT2D eigenvalue weighted by atomic mass is 10.3. The number of nitrogens with zero attached hydrogens (tertiary/aromatic N) is 1. The summed E-state index contributed by atoms with van der Waals surface area (Å²) >= 11 is 0. The van der Waals surface area contributed by atoms with E-state index in [4.69, 9.17) is 9.47 Å². The Morgan fingerprint density at radius 3 is 2.52 bits per heavy atom. The lowest BCUT2D eigenvalue weighted by molar-refractivity contribution is -0.122. The fraction of sp³-hybridized carbons (Fsp3) is 0.429. The molecule has 3 amide bonds. The van der Waals surface area contributed by atoms with Crippen LogP contribution in [0.1, 0.15) is 0 Å². The number of rotatable bonds is 4. The maximum atomic E-state index is 11.7. The van der Waals surface area contributed by atoms with Gasteiger partial charge in [-0.25, -0.2) is 4.79 Å². The Kier molecular flexibility index (Phi) is 5.53. The average Bonchev–Trinajstić information content (AvgIpc) is 2.48. The van der Waals surface area contributed by atoms with Crippen LogP contribution in [0, 0.1) is 0 Å². The number of amides is 3. The molecule has 1 heterocycles. The van der Waals surface area contributed by atoms with Gasteiger partial charge in [-0.1, -0.05) is 0 Å². The van der Waals surface area contributed by atoms with Crippen LogP contribution >= 0.6 is 0 Å². The first kappa shape index (κ1) is 15.3. The van der Waals surface area contributed by atoms with Gasteiger partial charge in [0.25, 0.3) is 0 Å². The molecule has 0 unspecified atom stereocenters. The van der Waals surface area contributed by atoms with Crippen LogP contribution in [0.25, 0.3) is 0 Å². The summed E-state index contributed by atoms with van der Waals surface area (Å²) in [5.74, 6) is 0.368. The second kappa shape index (κ2) is 7.61. The van der Waals surface area contributed by atoms with Gasteiger partial charge in [0.1, 0.15) is 5.75 Å². The first-order chi connectivity index (χ1) is 10.2. The molecule has 0 aromatic heterocycles. The third-order valence-corrected chi connectivity index (χ3v) is 3.07. The van der Waals surface area contributed by atoms with Gasteiger partial charge in [0.2, 0.25) is 5.91 Å². The largest absolute Gasteiger partial charge is 0.497 e. The van der Waals surface area contributed by atoms with Gasteiger partial charge in [-0.15, -0.1) is 0 Å². The summed E-state index contributed by atoms with van der Waals surface area (Å²) in [5.41, 5.74) is 0.590. The minimum atomic E-state index is -0.543. The summed E-state index contributed by atoms with van der Waals surface area (Å²) < 4.78 is 10.2. The van der Waals surface area contributed by atoms with Crippen molar-refractivity contribution in [3.05, 3.63) is 24.3 Å². The molecule has 1 aromatic carbocycles. The molecule has 21 heavy (non-hydrogen) atoms. The number of carbonyl (C=O) groups excluding carboxylic acids is 2. The summed E-state index contributed by atoms with van der Waals surface area (Å²) in [5, 5.41) is 4.89. The molecule has 1 aliphatic heterocycles. The van der Waals surface area contributed by atoms with Crippen LogP contribution in [0.2, 0.25) is 0 Å². The van der Waals surface area contributed by atoms with Crippen molar-refractivity contribution < 1.29 is 19.1 Å². The van der Waals surface area contributed by atoms with E-state index in [2.05, 4.69) is 10.6 Å². The second-order valence-corrected chi connectivity index (χ2v) is 4.62. The summed E-state index contributed by atoms with van der Waals surface area (Å²) in [4.78, 5) is 25.4. The Morgan fingerprint density at radius 2 is 1.90 bits per heavy atom. The van der Waals surface area contributed by atoms with Gasteiger partial charge in [-0.2, -0.15) is 0 Å². The van der Waals surface area contributed by atoms with Crippen molar-refractivity contribution in [3.63, 3.8) is 0 Å². The normalized spacial score (nSPS) is 15.3. The number of nitrogens with one attached hydrogen (secondary N) is 2.